The number of ether oxygens (including phenoxy) is 1. The molecule has 1 atom stereocenters. The molecule has 0 saturated heterocycles. The normalized spacial score (nSPS) is 12.1. The molecule has 1 heterocycles. The first kappa shape index (κ1) is 14.6. The average molecular weight is 290 g/mol. The summed E-state index contributed by atoms with van der Waals surface area (Å²) in [6.45, 7) is 4.47. The first-order valence-electron chi connectivity index (χ1n) is 6.60. The summed E-state index contributed by atoms with van der Waals surface area (Å²) in [6, 6.07) is 9.54. The predicted octanol–water partition coefficient (Wildman–Crippen LogP) is 3.87. The topological polar surface area (TPSA) is 46.5 Å². The van der Waals surface area contributed by atoms with Crippen LogP contribution < -0.4 is 4.74 Å². The summed E-state index contributed by atoms with van der Waals surface area (Å²) in [4.78, 5) is 12.7. The third kappa shape index (κ3) is 3.39. The molecule has 1 unspecified atom stereocenters. The lowest BCUT2D eigenvalue weighted by Crippen LogP contribution is -2.15. The molecule has 0 bridgehead atoms. The third-order valence-electron chi connectivity index (χ3n) is 3.21. The minimum absolute atomic E-state index is 0.510. The Morgan fingerprint density at radius 2 is 2.20 bits per heavy atom. The summed E-state index contributed by atoms with van der Waals surface area (Å²) >= 11 is 1.59. The van der Waals surface area contributed by atoms with Crippen LogP contribution >= 0.6 is 11.3 Å². The van der Waals surface area contributed by atoms with E-state index < -0.39 is 11.9 Å². The van der Waals surface area contributed by atoms with Crippen LogP contribution in [0.2, 0.25) is 0 Å². The van der Waals surface area contributed by atoms with E-state index in [1.165, 1.54) is 0 Å². The van der Waals surface area contributed by atoms with Gasteiger partial charge in [-0.25, -0.2) is 0 Å². The van der Waals surface area contributed by atoms with Gasteiger partial charge in [0.15, 0.2) is 0 Å². The van der Waals surface area contributed by atoms with Crippen LogP contribution in [0.15, 0.2) is 35.7 Å². The molecule has 2 rings (SSSR count). The molecule has 1 aromatic carbocycles. The monoisotopic (exact) mass is 290 g/mol. The summed E-state index contributed by atoms with van der Waals surface area (Å²) in [6.07, 6.45) is 0.530. The maximum absolute atomic E-state index is 11.6. The number of hydrogen-bond donors (Lipinski definition) is 1. The number of hydrogen-bond acceptors (Lipinski definition) is 3. The van der Waals surface area contributed by atoms with E-state index in [1.54, 1.807) is 11.3 Å². The summed E-state index contributed by atoms with van der Waals surface area (Å²) < 4.78 is 5.44. The second-order valence-corrected chi connectivity index (χ2v) is 5.66. The smallest absolute Gasteiger partial charge is 0.311 e. The van der Waals surface area contributed by atoms with Crippen molar-refractivity contribution in [2.24, 2.45) is 0 Å². The fourth-order valence-electron chi connectivity index (χ4n) is 2.26. The van der Waals surface area contributed by atoms with Gasteiger partial charge in [0.1, 0.15) is 5.75 Å². The van der Waals surface area contributed by atoms with E-state index in [0.29, 0.717) is 13.0 Å². The van der Waals surface area contributed by atoms with Crippen molar-refractivity contribution in [1.29, 1.82) is 0 Å². The molecule has 0 aliphatic rings. The Bertz CT molecular complexity index is 575. The van der Waals surface area contributed by atoms with Crippen molar-refractivity contribution in [2.75, 3.05) is 6.61 Å². The lowest BCUT2D eigenvalue weighted by Gasteiger charge is -2.15. The predicted molar refractivity (Wildman–Crippen MR) is 80.7 cm³/mol. The van der Waals surface area contributed by atoms with Gasteiger partial charge in [-0.2, -0.15) is 0 Å². The summed E-state index contributed by atoms with van der Waals surface area (Å²) in [5, 5.41) is 11.5. The first-order chi connectivity index (χ1) is 9.61. The molecular formula is C16H18O3S. The molecular weight excluding hydrogens is 272 g/mol. The molecule has 0 spiro atoms. The van der Waals surface area contributed by atoms with E-state index in [-0.39, 0.29) is 0 Å². The molecule has 3 nitrogen and oxygen atoms in total. The average Bonchev–Trinajstić information content (AvgIpc) is 2.90. The van der Waals surface area contributed by atoms with E-state index in [9.17, 15) is 9.90 Å². The number of carbonyl (C=O) groups is 1. The van der Waals surface area contributed by atoms with Crippen molar-refractivity contribution in [1.82, 2.24) is 0 Å². The molecule has 0 radical (unpaired) electrons. The number of carboxylic acid groups (broad SMARTS) is 1. The lowest BCUT2D eigenvalue weighted by atomic mass is 9.91. The van der Waals surface area contributed by atoms with Crippen LogP contribution in [-0.2, 0) is 11.2 Å². The maximum Gasteiger partial charge on any atom is 0.311 e. The van der Waals surface area contributed by atoms with Crippen molar-refractivity contribution >= 4 is 17.3 Å². The van der Waals surface area contributed by atoms with Gasteiger partial charge >= 0.3 is 5.97 Å². The Labute approximate surface area is 122 Å². The SMILES string of the molecule is CCOc1ccc(C(Cc2cccs2)C(=O)O)c(C)c1. The summed E-state index contributed by atoms with van der Waals surface area (Å²) in [5.41, 5.74) is 1.81. The lowest BCUT2D eigenvalue weighted by molar-refractivity contribution is -0.138. The molecule has 4 heteroatoms. The van der Waals surface area contributed by atoms with Gasteiger partial charge in [0.05, 0.1) is 12.5 Å². The third-order valence-corrected chi connectivity index (χ3v) is 4.11. The van der Waals surface area contributed by atoms with Gasteiger partial charge in [-0.1, -0.05) is 12.1 Å². The van der Waals surface area contributed by atoms with E-state index in [2.05, 4.69) is 0 Å². The number of rotatable bonds is 6. The molecule has 0 aliphatic heterocycles. The number of aryl methyl sites for hydroxylation is 1. The highest BCUT2D eigenvalue weighted by molar-refractivity contribution is 7.09. The van der Waals surface area contributed by atoms with E-state index in [0.717, 1.165) is 21.8 Å². The molecule has 0 amide bonds. The summed E-state index contributed by atoms with van der Waals surface area (Å²) in [5.74, 6) is -0.510. The zero-order valence-corrected chi connectivity index (χ0v) is 12.4. The fourth-order valence-corrected chi connectivity index (χ4v) is 3.01. The molecule has 1 aromatic heterocycles. The van der Waals surface area contributed by atoms with Crippen molar-refractivity contribution in [2.45, 2.75) is 26.2 Å². The molecule has 20 heavy (non-hydrogen) atoms. The highest BCUT2D eigenvalue weighted by Gasteiger charge is 2.22. The second kappa shape index (κ2) is 6.57. The highest BCUT2D eigenvalue weighted by atomic mass is 32.1. The van der Waals surface area contributed by atoms with E-state index in [4.69, 9.17) is 4.74 Å². The van der Waals surface area contributed by atoms with Gasteiger partial charge in [0.25, 0.3) is 0 Å². The van der Waals surface area contributed by atoms with E-state index >= 15 is 0 Å². The quantitative estimate of drug-likeness (QED) is 0.878. The van der Waals surface area contributed by atoms with Crippen LogP contribution in [-0.4, -0.2) is 17.7 Å². The Balaban J connectivity index is 2.27. The van der Waals surface area contributed by atoms with Crippen LogP contribution in [0.1, 0.15) is 28.8 Å². The van der Waals surface area contributed by atoms with Crippen molar-refractivity contribution in [3.63, 3.8) is 0 Å². The van der Waals surface area contributed by atoms with Gasteiger partial charge < -0.3 is 9.84 Å². The fraction of sp³-hybridized carbons (Fsp3) is 0.312. The first-order valence-corrected chi connectivity index (χ1v) is 7.48. The van der Waals surface area contributed by atoms with Gasteiger partial charge in [-0.05, 0) is 55.0 Å². The van der Waals surface area contributed by atoms with Crippen LogP contribution in [0.5, 0.6) is 5.75 Å². The Kier molecular flexibility index (Phi) is 4.79. The van der Waals surface area contributed by atoms with Crippen molar-refractivity contribution in [3.8, 4) is 5.75 Å². The Morgan fingerprint density at radius 1 is 1.40 bits per heavy atom. The van der Waals surface area contributed by atoms with Crippen LogP contribution in [0.25, 0.3) is 0 Å². The number of carboxylic acids is 1. The molecule has 106 valence electrons. The van der Waals surface area contributed by atoms with Crippen molar-refractivity contribution in [3.05, 3.63) is 51.7 Å². The van der Waals surface area contributed by atoms with Crippen LogP contribution in [0.4, 0.5) is 0 Å². The molecule has 0 fully saturated rings. The highest BCUT2D eigenvalue weighted by Crippen LogP contribution is 2.28. The largest absolute Gasteiger partial charge is 0.494 e. The van der Waals surface area contributed by atoms with Gasteiger partial charge in [0.2, 0.25) is 0 Å². The van der Waals surface area contributed by atoms with Crippen LogP contribution in [0.3, 0.4) is 0 Å². The maximum atomic E-state index is 11.6. The molecule has 0 saturated carbocycles. The Morgan fingerprint density at radius 3 is 2.75 bits per heavy atom. The number of benzene rings is 1. The minimum Gasteiger partial charge on any atom is -0.494 e. The number of aliphatic carboxylic acids is 1. The minimum atomic E-state index is -0.786. The van der Waals surface area contributed by atoms with Gasteiger partial charge in [-0.3, -0.25) is 4.79 Å². The van der Waals surface area contributed by atoms with Gasteiger partial charge in [0, 0.05) is 4.88 Å². The number of thiophene rings is 1. The van der Waals surface area contributed by atoms with Crippen LogP contribution in [0, 0.1) is 6.92 Å². The Hall–Kier alpha value is -1.81. The molecule has 1 N–H and O–H groups in total. The second-order valence-electron chi connectivity index (χ2n) is 4.63. The zero-order valence-electron chi connectivity index (χ0n) is 11.6. The summed E-state index contributed by atoms with van der Waals surface area (Å²) in [7, 11) is 0. The zero-order chi connectivity index (χ0) is 14.5. The molecule has 2 aromatic rings. The van der Waals surface area contributed by atoms with E-state index in [1.807, 2.05) is 49.6 Å². The van der Waals surface area contributed by atoms with Crippen molar-refractivity contribution < 1.29 is 14.6 Å². The van der Waals surface area contributed by atoms with Gasteiger partial charge in [-0.15, -0.1) is 11.3 Å². The molecule has 0 aliphatic carbocycles. The standard InChI is InChI=1S/C16H18O3S/c1-3-19-12-6-7-14(11(2)9-12)15(16(17)18)10-13-5-4-8-20-13/h4-9,15H,3,10H2,1-2H3,(H,17,18).